The van der Waals surface area contributed by atoms with Crippen LogP contribution in [0.4, 0.5) is 4.79 Å². The minimum Gasteiger partial charge on any atom is -0.479 e. The van der Waals surface area contributed by atoms with Crippen LogP contribution in [0, 0.1) is 0 Å². The van der Waals surface area contributed by atoms with Crippen molar-refractivity contribution in [2.45, 2.75) is 12.8 Å². The molecule has 17 heavy (non-hydrogen) atoms. The van der Waals surface area contributed by atoms with Crippen LogP contribution in [-0.4, -0.2) is 35.2 Å². The molecular formula is C9H13N3O4S. The van der Waals surface area contributed by atoms with Crippen LogP contribution in [-0.2, 0) is 9.63 Å². The number of thiazole rings is 1. The first-order valence-corrected chi connectivity index (χ1v) is 5.74. The van der Waals surface area contributed by atoms with Gasteiger partial charge in [-0.3, -0.25) is 4.84 Å². The number of aromatic nitrogens is 1. The Labute approximate surface area is 102 Å². The number of carboxylic acid groups (broad SMARTS) is 1. The first-order chi connectivity index (χ1) is 8.09. The molecule has 0 radical (unpaired) electrons. The molecule has 94 valence electrons. The third-order valence-corrected chi connectivity index (χ3v) is 2.81. The molecule has 0 aliphatic heterocycles. The number of carbonyl (C=O) groups excluding carboxylic acids is 1. The Morgan fingerprint density at radius 1 is 1.65 bits per heavy atom. The number of urea groups is 1. The third kappa shape index (κ3) is 5.27. The highest BCUT2D eigenvalue weighted by atomic mass is 32.1. The largest absolute Gasteiger partial charge is 0.479 e. The zero-order valence-electron chi connectivity index (χ0n) is 9.17. The summed E-state index contributed by atoms with van der Waals surface area (Å²) in [6.07, 6.45) is 1.70. The highest BCUT2D eigenvalue weighted by Gasteiger charge is 2.09. The molecule has 8 heteroatoms. The summed E-state index contributed by atoms with van der Waals surface area (Å²) in [6.45, 7) is 1.75. The molecule has 0 saturated carbocycles. The van der Waals surface area contributed by atoms with Gasteiger partial charge in [0.25, 0.3) is 0 Å². The fourth-order valence-corrected chi connectivity index (χ4v) is 1.71. The Balaban J connectivity index is 2.17. The second-order valence-electron chi connectivity index (χ2n) is 3.27. The van der Waals surface area contributed by atoms with E-state index >= 15 is 0 Å². The van der Waals surface area contributed by atoms with Crippen molar-refractivity contribution in [2.75, 3.05) is 13.2 Å². The maximum atomic E-state index is 11.1. The molecule has 0 bridgehead atoms. The lowest BCUT2D eigenvalue weighted by Crippen LogP contribution is -2.38. The number of amides is 2. The smallest absolute Gasteiger partial charge is 0.338 e. The number of hydroxylamine groups is 1. The molecule has 0 spiro atoms. The predicted octanol–water partition coefficient (Wildman–Crippen LogP) is 0.562. The Kier molecular flexibility index (Phi) is 5.37. The van der Waals surface area contributed by atoms with Crippen molar-refractivity contribution in [1.82, 2.24) is 15.8 Å². The Morgan fingerprint density at radius 2 is 2.41 bits per heavy atom. The van der Waals surface area contributed by atoms with Crippen molar-refractivity contribution in [1.29, 1.82) is 0 Å². The van der Waals surface area contributed by atoms with Crippen LogP contribution in [0.5, 0.6) is 0 Å². The zero-order chi connectivity index (χ0) is 12.7. The minimum atomic E-state index is -1.15. The summed E-state index contributed by atoms with van der Waals surface area (Å²) >= 11 is 1.51. The van der Waals surface area contributed by atoms with E-state index in [0.29, 0.717) is 6.54 Å². The van der Waals surface area contributed by atoms with Crippen LogP contribution in [0.2, 0.25) is 0 Å². The van der Waals surface area contributed by atoms with Gasteiger partial charge < -0.3 is 10.4 Å². The molecule has 1 heterocycles. The van der Waals surface area contributed by atoms with E-state index in [9.17, 15) is 9.59 Å². The fraction of sp³-hybridized carbons (Fsp3) is 0.444. The average Bonchev–Trinajstić information content (AvgIpc) is 2.78. The number of aliphatic carboxylic acids is 1. The molecule has 0 aromatic carbocycles. The fourth-order valence-electron chi connectivity index (χ4n) is 1.01. The summed E-state index contributed by atoms with van der Waals surface area (Å²) in [5.41, 5.74) is 1.97. The summed E-state index contributed by atoms with van der Waals surface area (Å²) in [5.74, 6) is -1.05. The number of rotatable bonds is 6. The first-order valence-electron chi connectivity index (χ1n) is 4.86. The molecule has 0 saturated heterocycles. The highest BCUT2D eigenvalue weighted by Crippen LogP contribution is 2.15. The van der Waals surface area contributed by atoms with Crippen LogP contribution in [0.3, 0.4) is 0 Å². The average molecular weight is 259 g/mol. The number of hydrogen-bond acceptors (Lipinski definition) is 5. The van der Waals surface area contributed by atoms with Gasteiger partial charge in [0.05, 0.1) is 5.01 Å². The molecule has 1 rings (SSSR count). The maximum absolute atomic E-state index is 11.1. The molecule has 1 aromatic heterocycles. The van der Waals surface area contributed by atoms with Crippen LogP contribution >= 0.6 is 11.3 Å². The van der Waals surface area contributed by atoms with Gasteiger partial charge in [0.15, 0.2) is 6.61 Å². The highest BCUT2D eigenvalue weighted by molar-refractivity contribution is 7.09. The van der Waals surface area contributed by atoms with Crippen LogP contribution in [0.15, 0.2) is 11.6 Å². The van der Waals surface area contributed by atoms with E-state index in [-0.39, 0.29) is 5.92 Å². The van der Waals surface area contributed by atoms with Crippen molar-refractivity contribution in [3.8, 4) is 0 Å². The zero-order valence-corrected chi connectivity index (χ0v) is 9.99. The van der Waals surface area contributed by atoms with Gasteiger partial charge in [-0.2, -0.15) is 0 Å². The number of nitrogens with one attached hydrogen (secondary N) is 2. The van der Waals surface area contributed by atoms with Gasteiger partial charge in [0.2, 0.25) is 0 Å². The second-order valence-corrected chi connectivity index (χ2v) is 4.19. The topological polar surface area (TPSA) is 101 Å². The lowest BCUT2D eigenvalue weighted by Gasteiger charge is -2.10. The van der Waals surface area contributed by atoms with E-state index in [1.807, 2.05) is 17.8 Å². The second kappa shape index (κ2) is 6.81. The number of nitrogens with zero attached hydrogens (tertiary/aromatic N) is 1. The van der Waals surface area contributed by atoms with Gasteiger partial charge in [-0.05, 0) is 0 Å². The number of carboxylic acids is 1. The molecule has 7 nitrogen and oxygen atoms in total. The molecule has 3 N–H and O–H groups in total. The van der Waals surface area contributed by atoms with Crippen LogP contribution in [0.25, 0.3) is 0 Å². The van der Waals surface area contributed by atoms with E-state index < -0.39 is 18.6 Å². The molecule has 1 aromatic rings. The summed E-state index contributed by atoms with van der Waals surface area (Å²) in [7, 11) is 0. The van der Waals surface area contributed by atoms with E-state index in [0.717, 1.165) is 5.01 Å². The number of carbonyl (C=O) groups is 2. The summed E-state index contributed by atoms with van der Waals surface area (Å²) in [4.78, 5) is 29.8. The minimum absolute atomic E-state index is 0.0974. The van der Waals surface area contributed by atoms with E-state index in [1.54, 1.807) is 6.20 Å². The summed E-state index contributed by atoms with van der Waals surface area (Å²) in [6, 6.07) is -0.574. The Bertz CT molecular complexity index is 368. The molecule has 2 amide bonds. The van der Waals surface area contributed by atoms with E-state index in [2.05, 4.69) is 15.1 Å². The quantitative estimate of drug-likeness (QED) is 0.648. The molecule has 0 fully saturated rings. The monoisotopic (exact) mass is 259 g/mol. The van der Waals surface area contributed by atoms with Gasteiger partial charge in [0.1, 0.15) is 0 Å². The molecular weight excluding hydrogens is 246 g/mol. The normalized spacial score (nSPS) is 11.8. The summed E-state index contributed by atoms with van der Waals surface area (Å²) in [5, 5.41) is 13.6. The van der Waals surface area contributed by atoms with Crippen molar-refractivity contribution < 1.29 is 19.5 Å². The predicted molar refractivity (Wildman–Crippen MR) is 60.7 cm³/mol. The SMILES string of the molecule is CC(CNC(=O)NOCC(=O)O)c1nccs1. The lowest BCUT2D eigenvalue weighted by molar-refractivity contribution is -0.144. The molecule has 0 aliphatic rings. The lowest BCUT2D eigenvalue weighted by atomic mass is 10.2. The molecule has 1 unspecified atom stereocenters. The van der Waals surface area contributed by atoms with Crippen molar-refractivity contribution >= 4 is 23.3 Å². The van der Waals surface area contributed by atoms with Gasteiger partial charge in [-0.25, -0.2) is 20.1 Å². The van der Waals surface area contributed by atoms with E-state index in [4.69, 9.17) is 5.11 Å². The van der Waals surface area contributed by atoms with Crippen molar-refractivity contribution in [3.63, 3.8) is 0 Å². The Morgan fingerprint density at radius 3 is 3.00 bits per heavy atom. The van der Waals surface area contributed by atoms with E-state index in [1.165, 1.54) is 11.3 Å². The van der Waals surface area contributed by atoms with Crippen molar-refractivity contribution in [2.24, 2.45) is 0 Å². The molecule has 1 atom stereocenters. The van der Waals surface area contributed by atoms with Gasteiger partial charge in [-0.1, -0.05) is 6.92 Å². The van der Waals surface area contributed by atoms with Gasteiger partial charge >= 0.3 is 12.0 Å². The van der Waals surface area contributed by atoms with Crippen molar-refractivity contribution in [3.05, 3.63) is 16.6 Å². The van der Waals surface area contributed by atoms with Gasteiger partial charge in [0, 0.05) is 24.0 Å². The van der Waals surface area contributed by atoms with Crippen LogP contribution < -0.4 is 10.8 Å². The van der Waals surface area contributed by atoms with Gasteiger partial charge in [-0.15, -0.1) is 11.3 Å². The summed E-state index contributed by atoms with van der Waals surface area (Å²) < 4.78 is 0. The van der Waals surface area contributed by atoms with Crippen LogP contribution in [0.1, 0.15) is 17.8 Å². The standard InChI is InChI=1S/C9H13N3O4S/c1-6(8-10-2-3-17-8)4-11-9(15)12-16-5-7(13)14/h2-3,6H,4-5H2,1H3,(H,13,14)(H2,11,12,15). The molecule has 0 aliphatic carbocycles. The Hall–Kier alpha value is -1.67. The number of hydrogen-bond donors (Lipinski definition) is 3. The maximum Gasteiger partial charge on any atom is 0.338 e. The third-order valence-electron chi connectivity index (χ3n) is 1.80. The first kappa shape index (κ1) is 13.4.